The van der Waals surface area contributed by atoms with E-state index in [0.717, 1.165) is 11.3 Å². The van der Waals surface area contributed by atoms with Crippen LogP contribution in [-0.2, 0) is 10.2 Å². The topological polar surface area (TPSA) is 52.7 Å². The number of anilines is 1. The van der Waals surface area contributed by atoms with Gasteiger partial charge in [0, 0.05) is 37.4 Å². The zero-order valence-corrected chi connectivity index (χ0v) is 18.1. The Hall–Kier alpha value is -2.89. The van der Waals surface area contributed by atoms with Crippen LogP contribution in [0.1, 0.15) is 43.6 Å². The molecule has 1 heterocycles. The number of piperazine rings is 1. The average Bonchev–Trinajstić information content (AvgIpc) is 2.73. The van der Waals surface area contributed by atoms with Crippen LogP contribution in [0.2, 0.25) is 0 Å². The third-order valence-electron chi connectivity index (χ3n) is 5.51. The van der Waals surface area contributed by atoms with E-state index >= 15 is 0 Å². The quantitative estimate of drug-likeness (QED) is 0.837. The lowest BCUT2D eigenvalue weighted by Crippen LogP contribution is -2.54. The summed E-state index contributed by atoms with van der Waals surface area (Å²) in [5.74, 6) is -0.597. The maximum Gasteiger partial charge on any atom is 0.251 e. The van der Waals surface area contributed by atoms with Crippen LogP contribution in [0.25, 0.3) is 0 Å². The summed E-state index contributed by atoms with van der Waals surface area (Å²) in [7, 11) is 0. The second-order valence-electron chi connectivity index (χ2n) is 8.81. The van der Waals surface area contributed by atoms with Gasteiger partial charge in [-0.3, -0.25) is 9.59 Å². The Bertz CT molecular complexity index is 880. The lowest BCUT2D eigenvalue weighted by atomic mass is 9.86. The number of halogens is 1. The molecule has 0 aliphatic carbocycles. The van der Waals surface area contributed by atoms with Crippen molar-refractivity contribution in [3.05, 3.63) is 65.5 Å². The minimum Gasteiger partial charge on any atom is -0.368 e. The Morgan fingerprint density at radius 3 is 2.03 bits per heavy atom. The fourth-order valence-corrected chi connectivity index (χ4v) is 3.57. The van der Waals surface area contributed by atoms with Gasteiger partial charge in [0.25, 0.3) is 5.91 Å². The van der Waals surface area contributed by atoms with Gasteiger partial charge in [-0.15, -0.1) is 0 Å². The molecule has 1 atom stereocenters. The molecule has 2 aromatic rings. The Kier molecular flexibility index (Phi) is 6.44. The van der Waals surface area contributed by atoms with Crippen molar-refractivity contribution >= 4 is 17.5 Å². The molecule has 0 unspecified atom stereocenters. The average molecular weight is 412 g/mol. The van der Waals surface area contributed by atoms with E-state index in [0.29, 0.717) is 31.7 Å². The van der Waals surface area contributed by atoms with Gasteiger partial charge in [-0.25, -0.2) is 4.39 Å². The van der Waals surface area contributed by atoms with Crippen molar-refractivity contribution in [3.63, 3.8) is 0 Å². The molecule has 0 aromatic heterocycles. The van der Waals surface area contributed by atoms with Crippen molar-refractivity contribution in [1.82, 2.24) is 10.2 Å². The highest BCUT2D eigenvalue weighted by Crippen LogP contribution is 2.22. The zero-order chi connectivity index (χ0) is 21.9. The van der Waals surface area contributed by atoms with Crippen LogP contribution < -0.4 is 10.2 Å². The van der Waals surface area contributed by atoms with Crippen molar-refractivity contribution in [2.45, 2.75) is 39.2 Å². The van der Waals surface area contributed by atoms with Crippen LogP contribution in [0, 0.1) is 5.82 Å². The fraction of sp³-hybridized carbons (Fsp3) is 0.417. The maximum atomic E-state index is 13.1. The minimum absolute atomic E-state index is 0.0221. The lowest BCUT2D eigenvalue weighted by molar-refractivity contribution is -0.133. The normalized spacial score (nSPS) is 15.6. The van der Waals surface area contributed by atoms with Crippen LogP contribution in [0.5, 0.6) is 0 Å². The van der Waals surface area contributed by atoms with E-state index in [9.17, 15) is 14.0 Å². The molecule has 0 bridgehead atoms. The first kappa shape index (κ1) is 21.8. The van der Waals surface area contributed by atoms with Gasteiger partial charge < -0.3 is 15.1 Å². The van der Waals surface area contributed by atoms with E-state index in [1.54, 1.807) is 36.1 Å². The summed E-state index contributed by atoms with van der Waals surface area (Å²) in [6.45, 7) is 10.6. The fourth-order valence-electron chi connectivity index (χ4n) is 3.57. The van der Waals surface area contributed by atoms with E-state index in [4.69, 9.17) is 0 Å². The van der Waals surface area contributed by atoms with Gasteiger partial charge in [0.2, 0.25) is 5.91 Å². The van der Waals surface area contributed by atoms with E-state index < -0.39 is 6.04 Å². The highest BCUT2D eigenvalue weighted by Gasteiger charge is 2.26. The summed E-state index contributed by atoms with van der Waals surface area (Å²) in [4.78, 5) is 29.2. The van der Waals surface area contributed by atoms with Gasteiger partial charge in [0.1, 0.15) is 11.9 Å². The van der Waals surface area contributed by atoms with Gasteiger partial charge in [-0.1, -0.05) is 32.9 Å². The Labute approximate surface area is 177 Å². The minimum atomic E-state index is -0.600. The van der Waals surface area contributed by atoms with Gasteiger partial charge >= 0.3 is 0 Å². The molecule has 1 saturated heterocycles. The SMILES string of the molecule is C[C@H](NC(=O)c1ccc(C(C)(C)C)cc1)C(=O)N1CCN(c2ccc(F)cc2)CC1. The molecule has 6 heteroatoms. The van der Waals surface area contributed by atoms with Crippen molar-refractivity contribution in [1.29, 1.82) is 0 Å². The highest BCUT2D eigenvalue weighted by atomic mass is 19.1. The van der Waals surface area contributed by atoms with Crippen LogP contribution in [0.3, 0.4) is 0 Å². The largest absolute Gasteiger partial charge is 0.368 e. The van der Waals surface area contributed by atoms with Gasteiger partial charge in [0.05, 0.1) is 0 Å². The lowest BCUT2D eigenvalue weighted by Gasteiger charge is -2.37. The number of nitrogens with zero attached hydrogens (tertiary/aromatic N) is 2. The molecule has 0 spiro atoms. The maximum absolute atomic E-state index is 13.1. The van der Waals surface area contributed by atoms with E-state index in [1.807, 2.05) is 12.1 Å². The Balaban J connectivity index is 1.53. The monoisotopic (exact) mass is 411 g/mol. The molecule has 3 rings (SSSR count). The van der Waals surface area contributed by atoms with Gasteiger partial charge in [0.15, 0.2) is 0 Å². The van der Waals surface area contributed by atoms with Crippen molar-refractivity contribution < 1.29 is 14.0 Å². The number of carbonyl (C=O) groups excluding carboxylic acids is 2. The first-order chi connectivity index (χ1) is 14.1. The van der Waals surface area contributed by atoms with Gasteiger partial charge in [-0.05, 0) is 54.3 Å². The molecule has 30 heavy (non-hydrogen) atoms. The molecule has 1 aliphatic heterocycles. The molecule has 1 aliphatic rings. The molecule has 5 nitrogen and oxygen atoms in total. The summed E-state index contributed by atoms with van der Waals surface area (Å²) >= 11 is 0. The number of carbonyl (C=O) groups is 2. The number of hydrogen-bond donors (Lipinski definition) is 1. The summed E-state index contributed by atoms with van der Waals surface area (Å²) in [6, 6.07) is 13.3. The number of amides is 2. The van der Waals surface area contributed by atoms with E-state index in [1.165, 1.54) is 12.1 Å². The Morgan fingerprint density at radius 2 is 1.50 bits per heavy atom. The molecule has 160 valence electrons. The van der Waals surface area contributed by atoms with Crippen LogP contribution in [-0.4, -0.2) is 48.9 Å². The smallest absolute Gasteiger partial charge is 0.251 e. The summed E-state index contributed by atoms with van der Waals surface area (Å²) in [6.07, 6.45) is 0. The number of nitrogens with one attached hydrogen (secondary N) is 1. The zero-order valence-electron chi connectivity index (χ0n) is 18.1. The predicted molar refractivity (Wildman–Crippen MR) is 117 cm³/mol. The molecule has 1 fully saturated rings. The van der Waals surface area contributed by atoms with Crippen LogP contribution >= 0.6 is 0 Å². The second-order valence-corrected chi connectivity index (χ2v) is 8.81. The number of benzene rings is 2. The third kappa shape index (κ3) is 5.17. The summed E-state index contributed by atoms with van der Waals surface area (Å²) < 4.78 is 13.1. The highest BCUT2D eigenvalue weighted by molar-refractivity contribution is 5.97. The first-order valence-corrected chi connectivity index (χ1v) is 10.4. The first-order valence-electron chi connectivity index (χ1n) is 10.4. The molecule has 2 aromatic carbocycles. The molecule has 0 saturated carbocycles. The van der Waals surface area contributed by atoms with Crippen molar-refractivity contribution in [2.24, 2.45) is 0 Å². The molecular formula is C24H30FN3O2. The predicted octanol–water partition coefficient (Wildman–Crippen LogP) is 3.59. The van der Waals surface area contributed by atoms with Crippen LogP contribution in [0.15, 0.2) is 48.5 Å². The van der Waals surface area contributed by atoms with Crippen LogP contribution in [0.4, 0.5) is 10.1 Å². The molecular weight excluding hydrogens is 381 g/mol. The molecule has 1 N–H and O–H groups in total. The molecule has 0 radical (unpaired) electrons. The van der Waals surface area contributed by atoms with Crippen molar-refractivity contribution in [2.75, 3.05) is 31.1 Å². The van der Waals surface area contributed by atoms with Gasteiger partial charge in [-0.2, -0.15) is 0 Å². The standard InChI is InChI=1S/C24H30FN3O2/c1-17(26-22(29)18-5-7-19(8-6-18)24(2,3)4)23(30)28-15-13-27(14-16-28)21-11-9-20(25)10-12-21/h5-12,17H,13-16H2,1-4H3,(H,26,29)/t17-/m0/s1. The second kappa shape index (κ2) is 8.86. The van der Waals surface area contributed by atoms with E-state index in [-0.39, 0.29) is 23.0 Å². The van der Waals surface area contributed by atoms with E-state index in [2.05, 4.69) is 31.0 Å². The van der Waals surface area contributed by atoms with Crippen molar-refractivity contribution in [3.8, 4) is 0 Å². The summed E-state index contributed by atoms with van der Waals surface area (Å²) in [5.41, 5.74) is 2.67. The molecule has 2 amide bonds. The summed E-state index contributed by atoms with van der Waals surface area (Å²) in [5, 5.41) is 2.82. The third-order valence-corrected chi connectivity index (χ3v) is 5.51. The Morgan fingerprint density at radius 1 is 0.933 bits per heavy atom. The number of rotatable bonds is 4. The number of hydrogen-bond acceptors (Lipinski definition) is 3.